The molecular formula is C10H15IO2. The van der Waals surface area contributed by atoms with E-state index in [0.29, 0.717) is 6.42 Å². The number of hydrogen-bond acceptors (Lipinski definition) is 2. The van der Waals surface area contributed by atoms with Crippen LogP contribution in [0.25, 0.3) is 0 Å². The average Bonchev–Trinajstić information content (AvgIpc) is 2.16. The van der Waals surface area contributed by atoms with Crippen molar-refractivity contribution in [3.63, 3.8) is 0 Å². The molecule has 0 heterocycles. The number of allylic oxidation sites excluding steroid dienone is 3. The highest BCUT2D eigenvalue weighted by Gasteiger charge is 1.96. The van der Waals surface area contributed by atoms with E-state index in [0.717, 1.165) is 19.3 Å². The molecule has 0 aliphatic heterocycles. The molecule has 0 bridgehead atoms. The minimum atomic E-state index is -0.124. The second-order valence-electron chi connectivity index (χ2n) is 2.54. The van der Waals surface area contributed by atoms with Gasteiger partial charge < -0.3 is 4.74 Å². The number of hydrogen-bond donors (Lipinski definition) is 0. The Bertz CT molecular complexity index is 185. The summed E-state index contributed by atoms with van der Waals surface area (Å²) < 4.78 is 6.52. The maximum atomic E-state index is 10.7. The van der Waals surface area contributed by atoms with E-state index < -0.39 is 0 Å². The van der Waals surface area contributed by atoms with Gasteiger partial charge in [-0.15, -0.1) is 0 Å². The van der Waals surface area contributed by atoms with Gasteiger partial charge in [-0.1, -0.05) is 40.8 Å². The predicted molar refractivity (Wildman–Crippen MR) is 62.8 cm³/mol. The molecular weight excluding hydrogens is 279 g/mol. The Morgan fingerprint density at radius 1 is 1.38 bits per heavy atom. The molecule has 0 N–H and O–H groups in total. The van der Waals surface area contributed by atoms with E-state index in [2.05, 4.69) is 45.6 Å². The Labute approximate surface area is 93.2 Å². The van der Waals surface area contributed by atoms with Gasteiger partial charge in [0, 0.05) is 6.42 Å². The lowest BCUT2D eigenvalue weighted by Gasteiger charge is -1.95. The van der Waals surface area contributed by atoms with Gasteiger partial charge in [-0.3, -0.25) is 4.79 Å². The van der Waals surface area contributed by atoms with Crippen LogP contribution in [0.15, 0.2) is 22.3 Å². The van der Waals surface area contributed by atoms with Gasteiger partial charge >= 0.3 is 5.97 Å². The molecule has 0 saturated carbocycles. The first-order chi connectivity index (χ1) is 6.31. The van der Waals surface area contributed by atoms with Crippen molar-refractivity contribution in [1.82, 2.24) is 0 Å². The van der Waals surface area contributed by atoms with Crippen molar-refractivity contribution >= 4 is 28.6 Å². The molecule has 0 rings (SSSR count). The fourth-order valence-corrected chi connectivity index (χ4v) is 1.10. The van der Waals surface area contributed by atoms with Gasteiger partial charge in [0.2, 0.25) is 0 Å². The van der Waals surface area contributed by atoms with Crippen LogP contribution >= 0.6 is 22.6 Å². The van der Waals surface area contributed by atoms with Crippen molar-refractivity contribution in [2.75, 3.05) is 7.11 Å². The second kappa shape index (κ2) is 9.77. The first-order valence-corrected chi connectivity index (χ1v) is 5.53. The highest BCUT2D eigenvalue weighted by molar-refractivity contribution is 14.1. The van der Waals surface area contributed by atoms with Gasteiger partial charge in [0.05, 0.1) is 7.11 Å². The van der Waals surface area contributed by atoms with Crippen LogP contribution in [0.5, 0.6) is 0 Å². The van der Waals surface area contributed by atoms with Crippen molar-refractivity contribution < 1.29 is 9.53 Å². The molecule has 0 aromatic heterocycles. The van der Waals surface area contributed by atoms with E-state index in [1.807, 2.05) is 4.08 Å². The summed E-state index contributed by atoms with van der Waals surface area (Å²) in [6, 6.07) is 0. The number of esters is 1. The van der Waals surface area contributed by atoms with Crippen LogP contribution in [-0.4, -0.2) is 13.1 Å². The molecule has 0 saturated heterocycles. The summed E-state index contributed by atoms with van der Waals surface area (Å²) >= 11 is 2.19. The summed E-state index contributed by atoms with van der Waals surface area (Å²) in [5, 5.41) is 0. The SMILES string of the molecule is COC(=O)CCC/C=C\C/C=C/I. The standard InChI is InChI=1S/C10H15IO2/c1-13-10(12)8-6-4-2-3-5-7-9-11/h2-3,7,9H,4-6,8H2,1H3/b3-2-,9-7+. The van der Waals surface area contributed by atoms with E-state index in [1.54, 1.807) is 0 Å². The van der Waals surface area contributed by atoms with Gasteiger partial charge in [-0.2, -0.15) is 0 Å². The number of carbonyl (C=O) groups is 1. The fourth-order valence-electron chi connectivity index (χ4n) is 0.810. The quantitative estimate of drug-likeness (QED) is 0.325. The largest absolute Gasteiger partial charge is 0.469 e. The van der Waals surface area contributed by atoms with Gasteiger partial charge in [-0.25, -0.2) is 0 Å². The van der Waals surface area contributed by atoms with Crippen molar-refractivity contribution in [2.24, 2.45) is 0 Å². The molecule has 0 aromatic carbocycles. The van der Waals surface area contributed by atoms with E-state index in [1.165, 1.54) is 7.11 Å². The third kappa shape index (κ3) is 9.60. The molecule has 0 atom stereocenters. The highest BCUT2D eigenvalue weighted by Crippen LogP contribution is 1.99. The van der Waals surface area contributed by atoms with Crippen molar-refractivity contribution in [3.05, 3.63) is 22.3 Å². The van der Waals surface area contributed by atoms with Crippen LogP contribution in [0.1, 0.15) is 25.7 Å². The molecule has 3 heteroatoms. The number of ether oxygens (including phenoxy) is 1. The Morgan fingerprint density at radius 2 is 2.15 bits per heavy atom. The second-order valence-corrected chi connectivity index (χ2v) is 3.26. The first kappa shape index (κ1) is 12.7. The van der Waals surface area contributed by atoms with Crippen LogP contribution in [0.4, 0.5) is 0 Å². The number of unbranched alkanes of at least 4 members (excludes halogenated alkanes) is 1. The van der Waals surface area contributed by atoms with Crippen molar-refractivity contribution in [2.45, 2.75) is 25.7 Å². The topological polar surface area (TPSA) is 26.3 Å². The lowest BCUT2D eigenvalue weighted by Crippen LogP contribution is -1.98. The van der Waals surface area contributed by atoms with Gasteiger partial charge in [0.15, 0.2) is 0 Å². The van der Waals surface area contributed by atoms with Crippen LogP contribution < -0.4 is 0 Å². The highest BCUT2D eigenvalue weighted by atomic mass is 127. The van der Waals surface area contributed by atoms with E-state index in [4.69, 9.17) is 0 Å². The smallest absolute Gasteiger partial charge is 0.305 e. The Balaban J connectivity index is 3.24. The third-order valence-electron chi connectivity index (χ3n) is 1.51. The molecule has 0 aliphatic rings. The zero-order valence-electron chi connectivity index (χ0n) is 7.83. The summed E-state index contributed by atoms with van der Waals surface area (Å²) in [7, 11) is 1.42. The zero-order valence-corrected chi connectivity index (χ0v) is 9.99. The molecule has 13 heavy (non-hydrogen) atoms. The van der Waals surface area contributed by atoms with Gasteiger partial charge in [0.25, 0.3) is 0 Å². The summed E-state index contributed by atoms with van der Waals surface area (Å²) in [4.78, 5) is 10.7. The maximum Gasteiger partial charge on any atom is 0.305 e. The number of halogens is 1. The van der Waals surface area contributed by atoms with E-state index in [-0.39, 0.29) is 5.97 Å². The lowest BCUT2D eigenvalue weighted by molar-refractivity contribution is -0.140. The summed E-state index contributed by atoms with van der Waals surface area (Å²) in [5.74, 6) is -0.124. The number of methoxy groups -OCH3 is 1. The summed E-state index contributed by atoms with van der Waals surface area (Å²) in [5.41, 5.74) is 0. The molecule has 2 nitrogen and oxygen atoms in total. The van der Waals surface area contributed by atoms with Crippen LogP contribution in [0.2, 0.25) is 0 Å². The first-order valence-electron chi connectivity index (χ1n) is 4.28. The normalized spacial score (nSPS) is 11.2. The van der Waals surface area contributed by atoms with Gasteiger partial charge in [-0.05, 0) is 23.3 Å². The Hall–Kier alpha value is -0.320. The molecule has 0 radical (unpaired) electrons. The molecule has 74 valence electrons. The molecule has 0 aliphatic carbocycles. The molecule has 0 aromatic rings. The molecule has 0 spiro atoms. The van der Waals surface area contributed by atoms with Crippen molar-refractivity contribution in [1.29, 1.82) is 0 Å². The molecule has 0 fully saturated rings. The van der Waals surface area contributed by atoms with Crippen LogP contribution in [-0.2, 0) is 9.53 Å². The Kier molecular flexibility index (Phi) is 9.53. The predicted octanol–water partition coefficient (Wildman–Crippen LogP) is 3.22. The minimum absolute atomic E-state index is 0.124. The third-order valence-corrected chi connectivity index (χ3v) is 2.02. The summed E-state index contributed by atoms with van der Waals surface area (Å²) in [6.45, 7) is 0. The lowest BCUT2D eigenvalue weighted by atomic mass is 10.2. The minimum Gasteiger partial charge on any atom is -0.469 e. The van der Waals surface area contributed by atoms with E-state index in [9.17, 15) is 4.79 Å². The molecule has 0 amide bonds. The summed E-state index contributed by atoms with van der Waals surface area (Å²) in [6.07, 6.45) is 9.59. The molecule has 0 unspecified atom stereocenters. The number of carbonyl (C=O) groups excluding carboxylic acids is 1. The zero-order chi connectivity index (χ0) is 9.94. The van der Waals surface area contributed by atoms with Crippen LogP contribution in [0, 0.1) is 0 Å². The average molecular weight is 294 g/mol. The van der Waals surface area contributed by atoms with Crippen molar-refractivity contribution in [3.8, 4) is 0 Å². The number of rotatable bonds is 6. The Morgan fingerprint density at radius 3 is 2.77 bits per heavy atom. The maximum absolute atomic E-state index is 10.7. The van der Waals surface area contributed by atoms with E-state index >= 15 is 0 Å². The van der Waals surface area contributed by atoms with Gasteiger partial charge in [0.1, 0.15) is 0 Å². The monoisotopic (exact) mass is 294 g/mol. The van der Waals surface area contributed by atoms with Crippen LogP contribution in [0.3, 0.4) is 0 Å². The fraction of sp³-hybridized carbons (Fsp3) is 0.500.